The fourth-order valence-corrected chi connectivity index (χ4v) is 4.37. The first-order chi connectivity index (χ1) is 13.7. The summed E-state index contributed by atoms with van der Waals surface area (Å²) in [6.07, 6.45) is 9.18. The number of ketones is 1. The molecule has 0 saturated carbocycles. The van der Waals surface area contributed by atoms with E-state index < -0.39 is 23.1 Å². The lowest BCUT2D eigenvalue weighted by Gasteiger charge is -2.51. The van der Waals surface area contributed by atoms with Gasteiger partial charge in [0.05, 0.1) is 25.4 Å². The molecule has 156 valence electrons. The molecule has 7 heteroatoms. The van der Waals surface area contributed by atoms with Gasteiger partial charge in [-0.25, -0.2) is 0 Å². The smallest absolute Gasteiger partial charge is 0.259 e. The summed E-state index contributed by atoms with van der Waals surface area (Å²) in [6, 6.07) is 0. The maximum absolute atomic E-state index is 11.7. The number of Topliss-reactive ketones (excluding diaryl/α,β-unsaturated/α-hetero) is 1. The Morgan fingerprint density at radius 1 is 1.34 bits per heavy atom. The number of allylic oxidation sites excluding steroid dienone is 3. The van der Waals surface area contributed by atoms with Crippen molar-refractivity contribution in [2.24, 2.45) is 11.8 Å². The van der Waals surface area contributed by atoms with Crippen LogP contribution in [0.4, 0.5) is 0 Å². The molecule has 3 fully saturated rings. The van der Waals surface area contributed by atoms with Gasteiger partial charge in [0, 0.05) is 11.8 Å². The third-order valence-corrected chi connectivity index (χ3v) is 6.26. The van der Waals surface area contributed by atoms with E-state index in [4.69, 9.17) is 14.2 Å². The molecule has 0 unspecified atom stereocenters. The number of carbonyl (C=O) groups is 2. The number of rotatable bonds is 4. The van der Waals surface area contributed by atoms with Gasteiger partial charge in [-0.3, -0.25) is 9.59 Å². The van der Waals surface area contributed by atoms with Gasteiger partial charge in [0.15, 0.2) is 11.4 Å². The fraction of sp³-hybridized carbons (Fsp3) is 0.545. The van der Waals surface area contributed by atoms with Gasteiger partial charge in [0.25, 0.3) is 5.91 Å². The van der Waals surface area contributed by atoms with Gasteiger partial charge in [-0.1, -0.05) is 37.6 Å². The molecule has 29 heavy (non-hydrogen) atoms. The Morgan fingerprint density at radius 2 is 2.07 bits per heavy atom. The maximum Gasteiger partial charge on any atom is 0.259 e. The minimum atomic E-state index is -0.797. The molecule has 4 aliphatic rings. The number of aliphatic hydroxyl groups excluding tert-OH is 1. The molecule has 0 aliphatic carbocycles. The second kappa shape index (κ2) is 6.93. The molecule has 3 saturated heterocycles. The Balaban J connectivity index is 1.49. The molecule has 0 aromatic rings. The molecular weight excluding hydrogens is 374 g/mol. The molecule has 4 aliphatic heterocycles. The van der Waals surface area contributed by atoms with Crippen molar-refractivity contribution in [1.82, 2.24) is 5.32 Å². The number of hydrogen-bond donors (Lipinski definition) is 2. The van der Waals surface area contributed by atoms with Gasteiger partial charge < -0.3 is 24.6 Å². The lowest BCUT2D eigenvalue weighted by atomic mass is 9.82. The van der Waals surface area contributed by atoms with Gasteiger partial charge >= 0.3 is 0 Å². The second-order valence-corrected chi connectivity index (χ2v) is 8.48. The van der Waals surface area contributed by atoms with Crippen molar-refractivity contribution in [2.45, 2.75) is 51.3 Å². The van der Waals surface area contributed by atoms with Crippen LogP contribution in [0.2, 0.25) is 0 Å². The van der Waals surface area contributed by atoms with Gasteiger partial charge in [0.2, 0.25) is 5.79 Å². The van der Waals surface area contributed by atoms with E-state index in [1.807, 2.05) is 13.8 Å². The molecule has 7 nitrogen and oxygen atoms in total. The number of epoxide rings is 1. The molecule has 0 aromatic heterocycles. The zero-order chi connectivity index (χ0) is 21.0. The summed E-state index contributed by atoms with van der Waals surface area (Å²) >= 11 is 0. The van der Waals surface area contributed by atoms with Crippen LogP contribution in [0.5, 0.6) is 0 Å². The molecular formula is C22H27NO6. The van der Waals surface area contributed by atoms with E-state index in [1.165, 1.54) is 6.08 Å². The summed E-state index contributed by atoms with van der Waals surface area (Å²) in [5, 5.41) is 12.5. The largest absolute Gasteiger partial charge is 0.507 e. The number of amides is 1. The van der Waals surface area contributed by atoms with Crippen molar-refractivity contribution < 1.29 is 28.9 Å². The average molecular weight is 401 g/mol. The van der Waals surface area contributed by atoms with Crippen molar-refractivity contribution in [1.29, 1.82) is 0 Å². The quantitative estimate of drug-likeness (QED) is 0.187. The van der Waals surface area contributed by atoms with Gasteiger partial charge in [-0.2, -0.15) is 0 Å². The average Bonchev–Trinajstić information content (AvgIpc) is 3.39. The van der Waals surface area contributed by atoms with E-state index in [0.29, 0.717) is 6.61 Å². The topological polar surface area (TPSA) is 97.4 Å². The molecule has 6 atom stereocenters. The van der Waals surface area contributed by atoms with Crippen LogP contribution < -0.4 is 5.32 Å². The summed E-state index contributed by atoms with van der Waals surface area (Å²) < 4.78 is 18.2. The number of hydrogen-bond acceptors (Lipinski definition) is 6. The second-order valence-electron chi connectivity index (χ2n) is 8.48. The van der Waals surface area contributed by atoms with Crippen molar-refractivity contribution in [2.75, 3.05) is 13.2 Å². The molecule has 0 radical (unpaired) electrons. The molecule has 2 bridgehead atoms. The fourth-order valence-electron chi connectivity index (χ4n) is 4.37. The van der Waals surface area contributed by atoms with Crippen LogP contribution in [0, 0.1) is 11.8 Å². The normalized spacial score (nSPS) is 41.8. The first-order valence-electron chi connectivity index (χ1n) is 9.96. The highest BCUT2D eigenvalue weighted by Crippen LogP contribution is 2.51. The highest BCUT2D eigenvalue weighted by molar-refractivity contribution is 6.25. The lowest BCUT2D eigenvalue weighted by molar-refractivity contribution is -0.346. The first-order valence-corrected chi connectivity index (χ1v) is 9.96. The Morgan fingerprint density at radius 3 is 2.69 bits per heavy atom. The zero-order valence-corrected chi connectivity index (χ0v) is 17.1. The van der Waals surface area contributed by atoms with Crippen molar-refractivity contribution in [3.63, 3.8) is 0 Å². The van der Waals surface area contributed by atoms with Crippen molar-refractivity contribution >= 4 is 11.7 Å². The summed E-state index contributed by atoms with van der Waals surface area (Å²) in [4.78, 5) is 23.3. The molecule has 4 rings (SSSR count). The Labute approximate surface area is 170 Å². The summed E-state index contributed by atoms with van der Waals surface area (Å²) in [6.45, 7) is 8.56. The molecule has 1 amide bonds. The van der Waals surface area contributed by atoms with Crippen molar-refractivity contribution in [3.8, 4) is 0 Å². The van der Waals surface area contributed by atoms with Crippen LogP contribution in [0.1, 0.15) is 27.7 Å². The highest BCUT2D eigenvalue weighted by Gasteiger charge is 2.65. The summed E-state index contributed by atoms with van der Waals surface area (Å²) in [7, 11) is 0. The van der Waals surface area contributed by atoms with Crippen molar-refractivity contribution in [3.05, 3.63) is 47.3 Å². The standard InChI is InChI=1S/C22H27NO6/c1-12(5-6-15(24)18-16(25)10-23-20(18)26)9-13(2)19-14(3)17-7-8-22(11-27-22)21(4,28-17)29-19/h5-9,13-14,17,19,24H,10-11H2,1-4H3,(H,23,26)/b6-5+,12-9+,18-15+/t13-,14-,17+,19-,21+,22+/m1/s1. The molecule has 0 aromatic carbocycles. The lowest BCUT2D eigenvalue weighted by Crippen LogP contribution is -2.61. The number of nitrogens with one attached hydrogen (secondary N) is 1. The van der Waals surface area contributed by atoms with Crippen LogP contribution in [-0.2, 0) is 23.8 Å². The van der Waals surface area contributed by atoms with Crippen LogP contribution in [0.3, 0.4) is 0 Å². The van der Waals surface area contributed by atoms with Crippen LogP contribution in [0.25, 0.3) is 0 Å². The van der Waals surface area contributed by atoms with Gasteiger partial charge in [0.1, 0.15) is 11.3 Å². The highest BCUT2D eigenvalue weighted by atomic mass is 16.8. The van der Waals surface area contributed by atoms with Gasteiger partial charge in [-0.15, -0.1) is 0 Å². The van der Waals surface area contributed by atoms with E-state index in [-0.39, 0.29) is 41.9 Å². The van der Waals surface area contributed by atoms with E-state index in [0.717, 1.165) is 5.57 Å². The Hall–Kier alpha value is -2.22. The number of fused-ring (bicyclic) bond motifs is 3. The first kappa shape index (κ1) is 20.1. The number of ether oxygens (including phenoxy) is 3. The van der Waals surface area contributed by atoms with E-state index in [9.17, 15) is 14.7 Å². The van der Waals surface area contributed by atoms with Gasteiger partial charge in [-0.05, 0) is 26.0 Å². The third kappa shape index (κ3) is 3.37. The Kier molecular flexibility index (Phi) is 4.80. The molecule has 2 N–H and O–H groups in total. The number of carbonyl (C=O) groups excluding carboxylic acids is 2. The van der Waals surface area contributed by atoms with Crippen LogP contribution in [0.15, 0.2) is 47.3 Å². The summed E-state index contributed by atoms with van der Waals surface area (Å²) in [5.74, 6) is -1.82. The SMILES string of the molecule is CC(/C=C/C(O)=C1/C(=O)CNC1=O)=C\[C@@H](C)[C@H]1O[C@]2(C)O[C@@H](C=C[C@]23CO3)[C@H]1C. The predicted octanol–water partition coefficient (Wildman–Crippen LogP) is 2.11. The monoisotopic (exact) mass is 401 g/mol. The summed E-state index contributed by atoms with van der Waals surface area (Å²) in [5.41, 5.74) is 0.221. The number of aliphatic hydroxyl groups is 1. The third-order valence-electron chi connectivity index (χ3n) is 6.26. The van der Waals surface area contributed by atoms with E-state index >= 15 is 0 Å². The Bertz CT molecular complexity index is 847. The van der Waals surface area contributed by atoms with Crippen LogP contribution >= 0.6 is 0 Å². The maximum atomic E-state index is 11.7. The van der Waals surface area contributed by atoms with E-state index in [2.05, 4.69) is 37.4 Å². The predicted molar refractivity (Wildman–Crippen MR) is 105 cm³/mol. The van der Waals surface area contributed by atoms with E-state index in [1.54, 1.807) is 6.08 Å². The molecule has 4 heterocycles. The minimum absolute atomic E-state index is 0.0269. The minimum Gasteiger partial charge on any atom is -0.507 e. The molecule has 1 spiro atoms. The van der Waals surface area contributed by atoms with Crippen LogP contribution in [-0.4, -0.2) is 53.5 Å². The zero-order valence-electron chi connectivity index (χ0n) is 17.1.